The van der Waals surface area contributed by atoms with Crippen LogP contribution in [0.5, 0.6) is 0 Å². The molecule has 2 heterocycles. The second kappa shape index (κ2) is 8.06. The molecule has 0 radical (unpaired) electrons. The van der Waals surface area contributed by atoms with Crippen molar-refractivity contribution < 1.29 is 0 Å². The van der Waals surface area contributed by atoms with E-state index < -0.39 is 0 Å². The van der Waals surface area contributed by atoms with Crippen molar-refractivity contribution in [2.24, 2.45) is 10.1 Å². The van der Waals surface area contributed by atoms with Crippen LogP contribution in [0.3, 0.4) is 0 Å². The summed E-state index contributed by atoms with van der Waals surface area (Å²) in [7, 11) is 0. The maximum atomic E-state index is 4.85. The average molecular weight is 363 g/mol. The first kappa shape index (κ1) is 18.0. The number of aromatic nitrogens is 2. The number of benzene rings is 1. The molecule has 0 aliphatic carbocycles. The molecule has 0 aliphatic rings. The van der Waals surface area contributed by atoms with Crippen molar-refractivity contribution >= 4 is 17.0 Å². The molecule has 0 fully saturated rings. The highest BCUT2D eigenvalue weighted by Crippen LogP contribution is 2.21. The van der Waals surface area contributed by atoms with Crippen LogP contribution in [0.1, 0.15) is 25.0 Å². The second-order valence-corrected chi connectivity index (χ2v) is 7.12. The summed E-state index contributed by atoms with van der Waals surface area (Å²) in [6.45, 7) is 10.6. The van der Waals surface area contributed by atoms with Gasteiger partial charge in [0.25, 0.3) is 0 Å². The first-order chi connectivity index (χ1) is 12.5. The SMILES string of the molecule is C=C(C)CN=c1scc(-c2ccc(C)cc2)n1N=C(C)c1cccnc1. The number of thiazole rings is 1. The van der Waals surface area contributed by atoms with E-state index in [1.807, 2.05) is 36.9 Å². The topological polar surface area (TPSA) is 42.5 Å². The predicted molar refractivity (Wildman–Crippen MR) is 110 cm³/mol. The summed E-state index contributed by atoms with van der Waals surface area (Å²) in [6, 6.07) is 12.4. The molecule has 5 heteroatoms. The van der Waals surface area contributed by atoms with E-state index >= 15 is 0 Å². The first-order valence-electron chi connectivity index (χ1n) is 8.43. The summed E-state index contributed by atoms with van der Waals surface area (Å²) >= 11 is 1.59. The molecule has 0 amide bonds. The molecule has 0 bridgehead atoms. The van der Waals surface area contributed by atoms with Gasteiger partial charge in [-0.3, -0.25) is 9.98 Å². The second-order valence-electron chi connectivity index (χ2n) is 6.28. The molecule has 2 aromatic heterocycles. The van der Waals surface area contributed by atoms with Gasteiger partial charge >= 0.3 is 0 Å². The van der Waals surface area contributed by atoms with Crippen LogP contribution in [-0.4, -0.2) is 21.9 Å². The van der Waals surface area contributed by atoms with E-state index in [0.29, 0.717) is 6.54 Å². The van der Waals surface area contributed by atoms with Crippen LogP contribution in [0.25, 0.3) is 11.3 Å². The first-order valence-corrected chi connectivity index (χ1v) is 9.31. The largest absolute Gasteiger partial charge is 0.264 e. The Hall–Kier alpha value is -2.79. The quantitative estimate of drug-likeness (QED) is 0.480. The van der Waals surface area contributed by atoms with Gasteiger partial charge in [0.2, 0.25) is 4.80 Å². The monoisotopic (exact) mass is 362 g/mol. The third-order valence-electron chi connectivity index (χ3n) is 3.85. The molecule has 4 nitrogen and oxygen atoms in total. The standard InChI is InChI=1S/C21H22N4S/c1-15(2)12-23-21-25(24-17(4)19-6-5-11-22-13-19)20(14-26-21)18-9-7-16(3)8-10-18/h5-11,13-14H,1,12H2,2-4H3. The summed E-state index contributed by atoms with van der Waals surface area (Å²) in [5.74, 6) is 0. The fourth-order valence-corrected chi connectivity index (χ4v) is 3.25. The molecule has 0 spiro atoms. The Bertz CT molecular complexity index is 992. The van der Waals surface area contributed by atoms with Crippen LogP contribution >= 0.6 is 11.3 Å². The molecule has 3 aromatic rings. The number of pyridine rings is 1. The van der Waals surface area contributed by atoms with Crippen LogP contribution in [0, 0.1) is 6.92 Å². The molecule has 1 aromatic carbocycles. The maximum Gasteiger partial charge on any atom is 0.206 e. The fraction of sp³-hybridized carbons (Fsp3) is 0.190. The van der Waals surface area contributed by atoms with Gasteiger partial charge in [-0.1, -0.05) is 48.0 Å². The molecule has 0 saturated heterocycles. The van der Waals surface area contributed by atoms with E-state index in [2.05, 4.69) is 53.1 Å². The molecule has 0 N–H and O–H groups in total. The smallest absolute Gasteiger partial charge is 0.206 e. The van der Waals surface area contributed by atoms with E-state index in [9.17, 15) is 0 Å². The van der Waals surface area contributed by atoms with Gasteiger partial charge in [0.15, 0.2) is 0 Å². The highest BCUT2D eigenvalue weighted by atomic mass is 32.1. The van der Waals surface area contributed by atoms with E-state index in [1.165, 1.54) is 5.56 Å². The van der Waals surface area contributed by atoms with Crippen molar-refractivity contribution in [1.29, 1.82) is 0 Å². The Morgan fingerprint density at radius 3 is 2.62 bits per heavy atom. The molecule has 0 unspecified atom stereocenters. The summed E-state index contributed by atoms with van der Waals surface area (Å²) in [4.78, 5) is 9.71. The van der Waals surface area contributed by atoms with Gasteiger partial charge in [-0.25, -0.2) is 4.68 Å². The van der Waals surface area contributed by atoms with Gasteiger partial charge in [-0.2, -0.15) is 5.10 Å². The molecule has 0 atom stereocenters. The Labute approximate surface area is 157 Å². The number of aryl methyl sites for hydroxylation is 1. The molecule has 26 heavy (non-hydrogen) atoms. The average Bonchev–Trinajstić information content (AvgIpc) is 3.04. The summed E-state index contributed by atoms with van der Waals surface area (Å²) in [5, 5.41) is 6.95. The molecule has 132 valence electrons. The minimum absolute atomic E-state index is 0.593. The normalized spacial score (nSPS) is 12.4. The fourth-order valence-electron chi connectivity index (χ4n) is 2.41. The van der Waals surface area contributed by atoms with Crippen LogP contribution in [-0.2, 0) is 0 Å². The molecule has 3 rings (SSSR count). The van der Waals surface area contributed by atoms with E-state index in [0.717, 1.165) is 32.9 Å². The zero-order valence-electron chi connectivity index (χ0n) is 15.3. The minimum atomic E-state index is 0.593. The lowest BCUT2D eigenvalue weighted by molar-refractivity contribution is 0.830. The van der Waals surface area contributed by atoms with Crippen LogP contribution in [0.2, 0.25) is 0 Å². The summed E-state index contributed by atoms with van der Waals surface area (Å²) in [5.41, 5.74) is 6.28. The van der Waals surface area contributed by atoms with Crippen molar-refractivity contribution in [2.75, 3.05) is 6.54 Å². The van der Waals surface area contributed by atoms with Crippen molar-refractivity contribution in [3.63, 3.8) is 0 Å². The van der Waals surface area contributed by atoms with Crippen molar-refractivity contribution in [2.45, 2.75) is 20.8 Å². The lowest BCUT2D eigenvalue weighted by Gasteiger charge is -2.06. The van der Waals surface area contributed by atoms with Gasteiger partial charge in [0.1, 0.15) is 0 Å². The third-order valence-corrected chi connectivity index (χ3v) is 4.70. The van der Waals surface area contributed by atoms with E-state index in [1.54, 1.807) is 17.5 Å². The highest BCUT2D eigenvalue weighted by molar-refractivity contribution is 7.07. The summed E-state index contributed by atoms with van der Waals surface area (Å²) in [6.07, 6.45) is 3.59. The van der Waals surface area contributed by atoms with Crippen LogP contribution in [0.15, 0.2) is 76.4 Å². The number of nitrogens with zero attached hydrogens (tertiary/aromatic N) is 4. The maximum absolute atomic E-state index is 4.85. The van der Waals surface area contributed by atoms with Gasteiger partial charge in [-0.05, 0) is 26.8 Å². The van der Waals surface area contributed by atoms with Gasteiger partial charge < -0.3 is 0 Å². The number of hydrogen-bond donors (Lipinski definition) is 0. The predicted octanol–water partition coefficient (Wildman–Crippen LogP) is 4.67. The zero-order valence-corrected chi connectivity index (χ0v) is 16.1. The van der Waals surface area contributed by atoms with E-state index in [-0.39, 0.29) is 0 Å². The molecule has 0 aliphatic heterocycles. The highest BCUT2D eigenvalue weighted by Gasteiger charge is 2.09. The Morgan fingerprint density at radius 2 is 1.96 bits per heavy atom. The van der Waals surface area contributed by atoms with Crippen molar-refractivity contribution in [3.05, 3.63) is 82.3 Å². The van der Waals surface area contributed by atoms with E-state index in [4.69, 9.17) is 5.10 Å². The number of hydrogen-bond acceptors (Lipinski definition) is 4. The van der Waals surface area contributed by atoms with Crippen molar-refractivity contribution in [1.82, 2.24) is 9.66 Å². The van der Waals surface area contributed by atoms with Crippen molar-refractivity contribution in [3.8, 4) is 11.3 Å². The van der Waals surface area contributed by atoms with Gasteiger partial charge in [0.05, 0.1) is 18.0 Å². The Balaban J connectivity index is 2.13. The van der Waals surface area contributed by atoms with Gasteiger partial charge in [0, 0.05) is 28.9 Å². The van der Waals surface area contributed by atoms with Crippen LogP contribution in [0.4, 0.5) is 0 Å². The lowest BCUT2D eigenvalue weighted by atomic mass is 10.1. The van der Waals surface area contributed by atoms with Gasteiger partial charge in [-0.15, -0.1) is 11.3 Å². The summed E-state index contributed by atoms with van der Waals surface area (Å²) < 4.78 is 1.92. The zero-order chi connectivity index (χ0) is 18.5. The molecular weight excluding hydrogens is 340 g/mol. The third kappa shape index (κ3) is 4.24. The molecular formula is C21H22N4S. The van der Waals surface area contributed by atoms with Crippen LogP contribution < -0.4 is 4.80 Å². The number of rotatable bonds is 5. The molecule has 0 saturated carbocycles. The minimum Gasteiger partial charge on any atom is -0.264 e. The lowest BCUT2D eigenvalue weighted by Crippen LogP contribution is -2.15. The Morgan fingerprint density at radius 1 is 1.19 bits per heavy atom. The Kier molecular flexibility index (Phi) is 5.58.